The molecule has 9 heteroatoms. The van der Waals surface area contributed by atoms with Crippen LogP contribution in [0.3, 0.4) is 0 Å². The van der Waals surface area contributed by atoms with E-state index in [1.165, 1.54) is 5.56 Å². The number of guanidine groups is 1. The number of rotatable bonds is 7. The normalized spacial score (nSPS) is 16.0. The topological polar surface area (TPSA) is 81.6 Å². The Morgan fingerprint density at radius 2 is 2.03 bits per heavy atom. The van der Waals surface area contributed by atoms with Crippen LogP contribution in [0.25, 0.3) is 0 Å². The predicted octanol–water partition coefficient (Wildman–Crippen LogP) is 2.46. The zero-order valence-electron chi connectivity index (χ0n) is 17.0. The molecule has 1 saturated heterocycles. The molecule has 1 amide bonds. The second kappa shape index (κ2) is 12.6. The molecule has 2 aromatic rings. The van der Waals surface area contributed by atoms with Gasteiger partial charge in [-0.2, -0.15) is 0 Å². The van der Waals surface area contributed by atoms with Crippen LogP contribution in [0.2, 0.25) is 5.02 Å². The Morgan fingerprint density at radius 3 is 2.77 bits per heavy atom. The third kappa shape index (κ3) is 7.32. The number of aliphatic imine (C=N–C) groups is 1. The van der Waals surface area contributed by atoms with Crippen molar-refractivity contribution < 1.29 is 4.79 Å². The van der Waals surface area contributed by atoms with E-state index >= 15 is 0 Å². The Kier molecular flexibility index (Phi) is 10.2. The maximum atomic E-state index is 12.1. The van der Waals surface area contributed by atoms with Crippen LogP contribution in [-0.4, -0.2) is 56.1 Å². The molecule has 0 saturated carbocycles. The molecule has 1 aromatic heterocycles. The van der Waals surface area contributed by atoms with Crippen molar-refractivity contribution in [3.63, 3.8) is 0 Å². The van der Waals surface area contributed by atoms with Crippen molar-refractivity contribution in [2.75, 3.05) is 38.1 Å². The van der Waals surface area contributed by atoms with Gasteiger partial charge in [0.25, 0.3) is 0 Å². The van der Waals surface area contributed by atoms with Crippen LogP contribution >= 0.6 is 35.6 Å². The smallest absolute Gasteiger partial charge is 0.239 e. The number of nitrogens with zero attached hydrogens (tertiary/aromatic N) is 3. The number of pyridine rings is 1. The molecule has 1 aromatic carbocycles. The van der Waals surface area contributed by atoms with Gasteiger partial charge in [0.15, 0.2) is 5.96 Å². The number of hydrogen-bond acceptors (Lipinski definition) is 4. The minimum absolute atomic E-state index is 0. The quantitative estimate of drug-likeness (QED) is 0.285. The van der Waals surface area contributed by atoms with Gasteiger partial charge in [-0.1, -0.05) is 41.9 Å². The molecule has 0 spiro atoms. The number of aromatic nitrogens is 1. The minimum atomic E-state index is -0.0582. The van der Waals surface area contributed by atoms with Gasteiger partial charge < -0.3 is 20.9 Å². The SMILES string of the molecule is CN=C(NCC(=O)NCCc1ccccc1)NC1CCN(c2ncccc2Cl)C1.I. The lowest BCUT2D eigenvalue weighted by Gasteiger charge is -2.20. The first kappa shape index (κ1) is 24.2. The van der Waals surface area contributed by atoms with Gasteiger partial charge in [-0.25, -0.2) is 4.98 Å². The number of anilines is 1. The molecule has 30 heavy (non-hydrogen) atoms. The summed E-state index contributed by atoms with van der Waals surface area (Å²) in [7, 11) is 1.70. The zero-order chi connectivity index (χ0) is 20.5. The maximum Gasteiger partial charge on any atom is 0.239 e. The molecule has 1 unspecified atom stereocenters. The van der Waals surface area contributed by atoms with E-state index < -0.39 is 0 Å². The van der Waals surface area contributed by atoms with Crippen LogP contribution < -0.4 is 20.9 Å². The first-order valence-electron chi connectivity index (χ1n) is 9.79. The lowest BCUT2D eigenvalue weighted by molar-refractivity contribution is -0.119. The number of amides is 1. The largest absolute Gasteiger partial charge is 0.354 e. The van der Waals surface area contributed by atoms with Gasteiger partial charge in [0, 0.05) is 38.9 Å². The van der Waals surface area contributed by atoms with Crippen LogP contribution in [0, 0.1) is 0 Å². The summed E-state index contributed by atoms with van der Waals surface area (Å²) in [4.78, 5) is 22.8. The Hall–Kier alpha value is -2.07. The van der Waals surface area contributed by atoms with Gasteiger partial charge in [-0.05, 0) is 30.5 Å². The molecule has 0 radical (unpaired) electrons. The molecule has 0 aliphatic carbocycles. The number of nitrogens with one attached hydrogen (secondary N) is 3. The number of benzene rings is 1. The minimum Gasteiger partial charge on any atom is -0.354 e. The first-order valence-corrected chi connectivity index (χ1v) is 10.2. The van der Waals surface area contributed by atoms with Crippen LogP contribution in [-0.2, 0) is 11.2 Å². The first-order chi connectivity index (χ1) is 14.2. The molecule has 1 aliphatic rings. The Morgan fingerprint density at radius 1 is 1.23 bits per heavy atom. The van der Waals surface area contributed by atoms with E-state index in [-0.39, 0.29) is 42.5 Å². The second-order valence-electron chi connectivity index (χ2n) is 6.90. The van der Waals surface area contributed by atoms with Crippen molar-refractivity contribution in [3.8, 4) is 0 Å². The van der Waals surface area contributed by atoms with Crippen LogP contribution in [0.15, 0.2) is 53.7 Å². The predicted molar refractivity (Wildman–Crippen MR) is 133 cm³/mol. The summed E-state index contributed by atoms with van der Waals surface area (Å²) >= 11 is 6.25. The van der Waals surface area contributed by atoms with E-state index in [0.717, 1.165) is 31.7 Å². The van der Waals surface area contributed by atoms with Crippen molar-refractivity contribution in [3.05, 3.63) is 59.2 Å². The monoisotopic (exact) mass is 542 g/mol. The highest BCUT2D eigenvalue weighted by Crippen LogP contribution is 2.25. The average Bonchev–Trinajstić information content (AvgIpc) is 3.20. The van der Waals surface area contributed by atoms with E-state index in [4.69, 9.17) is 11.6 Å². The molecule has 7 nitrogen and oxygen atoms in total. The van der Waals surface area contributed by atoms with E-state index in [9.17, 15) is 4.79 Å². The summed E-state index contributed by atoms with van der Waals surface area (Å²) in [6, 6.07) is 14.0. The van der Waals surface area contributed by atoms with E-state index in [2.05, 4.69) is 43.0 Å². The van der Waals surface area contributed by atoms with Gasteiger partial charge in [0.2, 0.25) is 5.91 Å². The third-order valence-corrected chi connectivity index (χ3v) is 5.08. The van der Waals surface area contributed by atoms with Gasteiger partial charge in [-0.3, -0.25) is 9.79 Å². The fourth-order valence-corrected chi connectivity index (χ4v) is 3.53. The molecule has 3 N–H and O–H groups in total. The highest BCUT2D eigenvalue weighted by molar-refractivity contribution is 14.0. The van der Waals surface area contributed by atoms with E-state index in [0.29, 0.717) is 17.5 Å². The van der Waals surface area contributed by atoms with Crippen molar-refractivity contribution in [2.45, 2.75) is 18.9 Å². The second-order valence-corrected chi connectivity index (χ2v) is 7.30. The number of carbonyl (C=O) groups excluding carboxylic acids is 1. The van der Waals surface area contributed by atoms with E-state index in [1.807, 2.05) is 30.3 Å². The molecule has 1 atom stereocenters. The maximum absolute atomic E-state index is 12.1. The standard InChI is InChI=1S/C21H27ClN6O.HI/c1-23-21(26-14-19(29)24-12-9-16-6-3-2-4-7-16)27-17-10-13-28(15-17)20-18(22)8-5-11-25-20;/h2-8,11,17H,9-10,12-15H2,1H3,(H,24,29)(H2,23,26,27);1H. The summed E-state index contributed by atoms with van der Waals surface area (Å²) in [6.45, 7) is 2.43. The lowest BCUT2D eigenvalue weighted by Crippen LogP contribution is -2.47. The molecular weight excluding hydrogens is 515 g/mol. The lowest BCUT2D eigenvalue weighted by atomic mass is 10.1. The van der Waals surface area contributed by atoms with E-state index in [1.54, 1.807) is 13.2 Å². The van der Waals surface area contributed by atoms with Gasteiger partial charge in [-0.15, -0.1) is 24.0 Å². The van der Waals surface area contributed by atoms with Crippen molar-refractivity contribution >= 4 is 53.3 Å². The molecule has 1 fully saturated rings. The number of carbonyl (C=O) groups is 1. The molecular formula is C21H28ClIN6O. The average molecular weight is 543 g/mol. The number of halogens is 2. The summed E-state index contributed by atoms with van der Waals surface area (Å²) in [5.74, 6) is 1.36. The number of hydrogen-bond donors (Lipinski definition) is 3. The Labute approximate surface area is 199 Å². The fourth-order valence-electron chi connectivity index (χ4n) is 3.29. The molecule has 162 valence electrons. The van der Waals surface area contributed by atoms with Crippen LogP contribution in [0.5, 0.6) is 0 Å². The summed E-state index contributed by atoms with van der Waals surface area (Å²) in [5, 5.41) is 10.0. The molecule has 0 bridgehead atoms. The van der Waals surface area contributed by atoms with Crippen LogP contribution in [0.1, 0.15) is 12.0 Å². The zero-order valence-corrected chi connectivity index (χ0v) is 20.1. The summed E-state index contributed by atoms with van der Waals surface area (Å²) in [6.07, 6.45) is 3.50. The highest BCUT2D eigenvalue weighted by Gasteiger charge is 2.25. The molecule has 2 heterocycles. The Balaban J connectivity index is 0.00000320. The van der Waals surface area contributed by atoms with Gasteiger partial charge in [0.05, 0.1) is 11.6 Å². The van der Waals surface area contributed by atoms with Crippen LogP contribution in [0.4, 0.5) is 5.82 Å². The third-order valence-electron chi connectivity index (χ3n) is 4.79. The summed E-state index contributed by atoms with van der Waals surface area (Å²) < 4.78 is 0. The highest BCUT2D eigenvalue weighted by atomic mass is 127. The van der Waals surface area contributed by atoms with Gasteiger partial charge >= 0.3 is 0 Å². The molecule has 1 aliphatic heterocycles. The van der Waals surface area contributed by atoms with Crippen molar-refractivity contribution in [2.24, 2.45) is 4.99 Å². The summed E-state index contributed by atoms with van der Waals surface area (Å²) in [5.41, 5.74) is 1.21. The van der Waals surface area contributed by atoms with Gasteiger partial charge in [0.1, 0.15) is 5.82 Å². The van der Waals surface area contributed by atoms with Crippen molar-refractivity contribution in [1.29, 1.82) is 0 Å². The fraction of sp³-hybridized carbons (Fsp3) is 0.381. The van der Waals surface area contributed by atoms with Crippen molar-refractivity contribution in [1.82, 2.24) is 20.9 Å². The molecule has 3 rings (SSSR count). The Bertz CT molecular complexity index is 835.